The SMILES string of the molecule is CC.CCOc1nn(C(=O)NOS(=O)c2c(F)cccc2C(=O)OC)c(=S)n1C.CCOc1nn(C(=O)OC)c(=S)n1C.COC(=O)c1cccc(F)c1S(N)(=O)=O. The number of benzene rings is 2. The molecule has 0 aliphatic rings. The molecule has 0 bridgehead atoms. The molecule has 1 atom stereocenters. The van der Waals surface area contributed by atoms with Crippen LogP contribution in [0.2, 0.25) is 0 Å². The third kappa shape index (κ3) is 13.0. The number of carbonyl (C=O) groups is 4. The first-order valence-corrected chi connectivity index (χ1v) is 19.6. The lowest BCUT2D eigenvalue weighted by Crippen LogP contribution is -2.31. The Hall–Kier alpha value is -5.48. The van der Waals surface area contributed by atoms with Gasteiger partial charge in [-0.2, -0.15) is 9.76 Å². The number of primary sulfonamides is 1. The van der Waals surface area contributed by atoms with Crippen molar-refractivity contribution in [2.45, 2.75) is 37.5 Å². The minimum Gasteiger partial charge on any atom is -0.465 e. The Balaban J connectivity index is 0.000000461. The lowest BCUT2D eigenvalue weighted by atomic mass is 10.2. The molecule has 2 aromatic heterocycles. The molecule has 3 N–H and O–H groups in total. The van der Waals surface area contributed by atoms with Crippen molar-refractivity contribution >= 4 is 69.6 Å². The molecule has 0 aliphatic carbocycles. The predicted molar refractivity (Wildman–Crippen MR) is 204 cm³/mol. The Labute approximate surface area is 343 Å². The van der Waals surface area contributed by atoms with Crippen LogP contribution in [0.25, 0.3) is 0 Å². The summed E-state index contributed by atoms with van der Waals surface area (Å²) in [5.74, 6) is -3.93. The molecule has 0 aliphatic heterocycles. The zero-order valence-corrected chi connectivity index (χ0v) is 35.6. The third-order valence-corrected chi connectivity index (χ3v) is 9.23. The van der Waals surface area contributed by atoms with Crippen molar-refractivity contribution in [3.8, 4) is 12.0 Å². The number of halogens is 2. The lowest BCUT2D eigenvalue weighted by Gasteiger charge is -2.09. The van der Waals surface area contributed by atoms with E-state index < -0.39 is 72.2 Å². The van der Waals surface area contributed by atoms with Gasteiger partial charge in [0.15, 0.2) is 0 Å². The van der Waals surface area contributed by atoms with E-state index in [1.807, 2.05) is 26.3 Å². The van der Waals surface area contributed by atoms with Gasteiger partial charge >= 0.3 is 36.1 Å². The minimum absolute atomic E-state index is 0.0218. The maximum absolute atomic E-state index is 14.0. The average molecular weight is 899 g/mol. The number of nitrogens with two attached hydrogens (primary N) is 1. The van der Waals surface area contributed by atoms with Gasteiger partial charge in [-0.15, -0.1) is 19.6 Å². The van der Waals surface area contributed by atoms with E-state index in [0.717, 1.165) is 41.8 Å². The molecule has 4 rings (SSSR count). The number of amides is 1. The predicted octanol–water partition coefficient (Wildman–Crippen LogP) is 3.74. The fourth-order valence-electron chi connectivity index (χ4n) is 3.86. The number of nitrogens with one attached hydrogen (secondary N) is 1. The standard InChI is InChI=1S/C14H15FN4O6S2.C8H8FNO4S.C7H11N3O3S.C2H6/c1-4-24-13-16-19(14(26)18(13)2)12(21)17-25-27(22)10-8(11(20)23-3)6-5-7-9(10)15;1-14-8(11)5-3-2-4-6(9)7(5)15(10,12)13;1-4-13-5-8-10(7(11)12-3)6(14)9(5)2;1-2/h5-7H,4H2,1-3H3,(H,17,21);2-4H,1H3,(H2,10,12,13);4H2,1-3H3;1-2H3. The summed E-state index contributed by atoms with van der Waals surface area (Å²) in [6.07, 6.45) is -0.628. The van der Waals surface area contributed by atoms with Gasteiger partial charge in [0, 0.05) is 14.1 Å². The zero-order chi connectivity index (χ0) is 44.5. The quantitative estimate of drug-likeness (QED) is 0.0994. The molecule has 0 saturated carbocycles. The van der Waals surface area contributed by atoms with E-state index in [1.54, 1.807) is 14.0 Å². The van der Waals surface area contributed by atoms with Gasteiger partial charge in [0.2, 0.25) is 30.6 Å². The number of hydrogen-bond acceptors (Lipinski definition) is 17. The number of rotatable bonds is 10. The second-order valence-corrected chi connectivity index (χ2v) is 13.2. The number of nitrogens with zero attached hydrogens (tertiary/aromatic N) is 6. The van der Waals surface area contributed by atoms with Gasteiger partial charge < -0.3 is 23.7 Å². The molecule has 0 radical (unpaired) electrons. The molecule has 2 aromatic carbocycles. The van der Waals surface area contributed by atoms with Gasteiger partial charge in [-0.05, 0) is 62.5 Å². The number of sulfonamides is 1. The molecule has 0 fully saturated rings. The average Bonchev–Trinajstić information content (AvgIpc) is 3.65. The van der Waals surface area contributed by atoms with Crippen LogP contribution in [0.5, 0.6) is 12.0 Å². The number of esters is 2. The number of carbonyl (C=O) groups excluding carboxylic acids is 4. The van der Waals surface area contributed by atoms with Crippen LogP contribution in [0.4, 0.5) is 18.4 Å². The van der Waals surface area contributed by atoms with Crippen LogP contribution in [0, 0.1) is 21.2 Å². The summed E-state index contributed by atoms with van der Waals surface area (Å²) in [6, 6.07) is 6.01. The first-order valence-electron chi connectivity index (χ1n) is 16.1. The van der Waals surface area contributed by atoms with Crippen LogP contribution in [0.15, 0.2) is 46.2 Å². The highest BCUT2D eigenvalue weighted by Crippen LogP contribution is 2.20. The Morgan fingerprint density at radius 2 is 1.24 bits per heavy atom. The highest BCUT2D eigenvalue weighted by Gasteiger charge is 2.25. The van der Waals surface area contributed by atoms with E-state index in [-0.39, 0.29) is 21.1 Å². The van der Waals surface area contributed by atoms with Gasteiger partial charge in [0.05, 0.1) is 45.7 Å². The second kappa shape index (κ2) is 23.7. The Morgan fingerprint density at radius 1 is 0.793 bits per heavy atom. The largest absolute Gasteiger partial charge is 0.465 e. The summed E-state index contributed by atoms with van der Waals surface area (Å²) >= 11 is 7.44. The Bertz CT molecular complexity index is 2350. The molecule has 58 heavy (non-hydrogen) atoms. The second-order valence-electron chi connectivity index (χ2n) is 9.89. The van der Waals surface area contributed by atoms with Crippen molar-refractivity contribution in [2.24, 2.45) is 19.2 Å². The molecule has 1 unspecified atom stereocenters. The maximum atomic E-state index is 14.0. The van der Waals surface area contributed by atoms with E-state index in [1.165, 1.54) is 41.5 Å². The summed E-state index contributed by atoms with van der Waals surface area (Å²) in [5, 5.41) is 12.5. The molecule has 320 valence electrons. The van der Waals surface area contributed by atoms with Crippen molar-refractivity contribution in [1.82, 2.24) is 34.2 Å². The molecular weight excluding hydrogens is 859 g/mol. The van der Waals surface area contributed by atoms with Gasteiger partial charge in [-0.3, -0.25) is 9.13 Å². The van der Waals surface area contributed by atoms with Gasteiger partial charge in [0.1, 0.15) is 21.4 Å². The number of ether oxygens (including phenoxy) is 5. The summed E-state index contributed by atoms with van der Waals surface area (Å²) in [5.41, 5.74) is 1.12. The third-order valence-electron chi connectivity index (χ3n) is 6.37. The monoisotopic (exact) mass is 898 g/mol. The van der Waals surface area contributed by atoms with Crippen molar-refractivity contribution < 1.29 is 68.6 Å². The molecule has 21 nitrogen and oxygen atoms in total. The highest BCUT2D eigenvalue weighted by molar-refractivity contribution is 7.89. The fraction of sp³-hybridized carbons (Fsp3) is 0.355. The van der Waals surface area contributed by atoms with Crippen molar-refractivity contribution in [1.29, 1.82) is 0 Å². The lowest BCUT2D eigenvalue weighted by molar-refractivity contribution is 0.0586. The molecule has 0 spiro atoms. The van der Waals surface area contributed by atoms with Crippen molar-refractivity contribution in [3.63, 3.8) is 0 Å². The van der Waals surface area contributed by atoms with E-state index in [9.17, 15) is 40.6 Å². The fourth-order valence-corrected chi connectivity index (χ4v) is 5.84. The summed E-state index contributed by atoms with van der Waals surface area (Å²) in [4.78, 5) is 44.7. The van der Waals surface area contributed by atoms with E-state index in [4.69, 9.17) is 43.3 Å². The van der Waals surface area contributed by atoms with Crippen LogP contribution >= 0.6 is 24.4 Å². The van der Waals surface area contributed by atoms with Crippen molar-refractivity contribution in [3.05, 3.63) is 68.7 Å². The van der Waals surface area contributed by atoms with E-state index in [2.05, 4.69) is 24.4 Å². The highest BCUT2D eigenvalue weighted by atomic mass is 32.2. The van der Waals surface area contributed by atoms with E-state index in [0.29, 0.717) is 19.2 Å². The van der Waals surface area contributed by atoms with Crippen LogP contribution < -0.4 is 20.1 Å². The topological polar surface area (TPSA) is 258 Å². The van der Waals surface area contributed by atoms with Crippen molar-refractivity contribution in [2.75, 3.05) is 34.5 Å². The molecule has 1 amide bonds. The summed E-state index contributed by atoms with van der Waals surface area (Å²) in [6.45, 7) is 8.30. The number of aromatic nitrogens is 6. The van der Waals surface area contributed by atoms with Crippen LogP contribution in [-0.4, -0.2) is 99.9 Å². The number of methoxy groups -OCH3 is 3. The zero-order valence-electron chi connectivity index (χ0n) is 32.3. The summed E-state index contributed by atoms with van der Waals surface area (Å²) < 4.78 is 94.6. The van der Waals surface area contributed by atoms with Gasteiger partial charge in [0.25, 0.3) is 0 Å². The van der Waals surface area contributed by atoms with Gasteiger partial charge in [-0.25, -0.2) is 45.7 Å². The molecule has 0 saturated heterocycles. The van der Waals surface area contributed by atoms with Gasteiger partial charge in [-0.1, -0.05) is 26.0 Å². The minimum atomic E-state index is -4.30. The number of hydroxylamine groups is 1. The molecule has 27 heteroatoms. The molecular formula is C31H40F2N8O13S4. The Kier molecular flexibility index (Phi) is 20.6. The maximum Gasteiger partial charge on any atom is 0.437 e. The molecule has 4 aromatic rings. The first kappa shape index (κ1) is 50.5. The Morgan fingerprint density at radius 3 is 1.71 bits per heavy atom. The van der Waals surface area contributed by atoms with Crippen LogP contribution in [0.3, 0.4) is 0 Å². The normalized spacial score (nSPS) is 10.8. The van der Waals surface area contributed by atoms with Crippen LogP contribution in [-0.2, 0) is 53.7 Å². The van der Waals surface area contributed by atoms with E-state index >= 15 is 0 Å². The first-order chi connectivity index (χ1) is 27.3. The molecule has 2 heterocycles. The number of hydrogen-bond donors (Lipinski definition) is 2. The van der Waals surface area contributed by atoms with Crippen LogP contribution in [0.1, 0.15) is 48.4 Å². The summed E-state index contributed by atoms with van der Waals surface area (Å²) in [7, 11) is 2.31. The smallest absolute Gasteiger partial charge is 0.437 e.